The van der Waals surface area contributed by atoms with Crippen molar-refractivity contribution in [3.05, 3.63) is 33.8 Å². The van der Waals surface area contributed by atoms with Gasteiger partial charge in [0, 0.05) is 11.3 Å². The lowest BCUT2D eigenvalue weighted by Crippen LogP contribution is -2.11. The maximum Gasteiger partial charge on any atom is 0.226 e. The largest absolute Gasteiger partial charge is 0.497 e. The molecule has 1 aromatic carbocycles. The first-order valence-electron chi connectivity index (χ1n) is 7.22. The normalized spacial score (nSPS) is 10.9. The van der Waals surface area contributed by atoms with E-state index in [0.717, 1.165) is 26.7 Å². The lowest BCUT2D eigenvalue weighted by atomic mass is 10.2. The molecule has 0 radical (unpaired) electrons. The van der Waals surface area contributed by atoms with Gasteiger partial charge in [-0.2, -0.15) is 0 Å². The Hall–Kier alpha value is -1.99. The van der Waals surface area contributed by atoms with E-state index in [1.807, 2.05) is 32.0 Å². The third-order valence-corrected chi connectivity index (χ3v) is 5.49. The monoisotopic (exact) mass is 347 g/mol. The van der Waals surface area contributed by atoms with Crippen molar-refractivity contribution in [1.82, 2.24) is 9.97 Å². The molecule has 120 valence electrons. The summed E-state index contributed by atoms with van der Waals surface area (Å²) in [7, 11) is 1.63. The Morgan fingerprint density at radius 3 is 2.78 bits per heavy atom. The van der Waals surface area contributed by atoms with Crippen LogP contribution in [-0.2, 0) is 11.2 Å². The molecule has 3 rings (SSSR count). The van der Waals surface area contributed by atoms with Crippen LogP contribution in [0.1, 0.15) is 22.0 Å². The van der Waals surface area contributed by atoms with Gasteiger partial charge in [0.25, 0.3) is 0 Å². The molecule has 0 unspecified atom stereocenters. The van der Waals surface area contributed by atoms with Gasteiger partial charge in [0.15, 0.2) is 5.13 Å². The molecular formula is C16H17N3O2S2. The number of methoxy groups -OCH3 is 1. The SMILES string of the molecule is COc1ccc2nc(NC(=O)CCc3sc(C)nc3C)sc2c1. The predicted octanol–water partition coefficient (Wildman–Crippen LogP) is 3.95. The van der Waals surface area contributed by atoms with Gasteiger partial charge in [-0.05, 0) is 38.5 Å². The zero-order valence-corrected chi connectivity index (χ0v) is 14.8. The molecule has 0 aliphatic rings. The number of fused-ring (bicyclic) bond motifs is 1. The second-order valence-corrected chi connectivity index (χ2v) is 7.46. The second-order valence-electron chi connectivity index (χ2n) is 5.14. The molecule has 23 heavy (non-hydrogen) atoms. The molecule has 0 atom stereocenters. The van der Waals surface area contributed by atoms with E-state index >= 15 is 0 Å². The van der Waals surface area contributed by atoms with E-state index < -0.39 is 0 Å². The minimum Gasteiger partial charge on any atom is -0.497 e. The number of aromatic nitrogens is 2. The smallest absolute Gasteiger partial charge is 0.226 e. The summed E-state index contributed by atoms with van der Waals surface area (Å²) >= 11 is 3.10. The predicted molar refractivity (Wildman–Crippen MR) is 94.7 cm³/mol. The molecule has 0 saturated carbocycles. The van der Waals surface area contributed by atoms with Crippen molar-refractivity contribution < 1.29 is 9.53 Å². The average molecular weight is 347 g/mol. The zero-order chi connectivity index (χ0) is 16.4. The lowest BCUT2D eigenvalue weighted by Gasteiger charge is -2.00. The van der Waals surface area contributed by atoms with Gasteiger partial charge in [-0.3, -0.25) is 4.79 Å². The highest BCUT2D eigenvalue weighted by Crippen LogP contribution is 2.29. The minimum atomic E-state index is -0.0264. The quantitative estimate of drug-likeness (QED) is 0.759. The molecule has 2 aromatic heterocycles. The summed E-state index contributed by atoms with van der Waals surface area (Å²) in [6, 6.07) is 5.68. The van der Waals surface area contributed by atoms with Gasteiger partial charge in [-0.1, -0.05) is 11.3 Å². The van der Waals surface area contributed by atoms with Crippen LogP contribution in [0.15, 0.2) is 18.2 Å². The summed E-state index contributed by atoms with van der Waals surface area (Å²) < 4.78 is 6.19. The number of nitrogens with zero attached hydrogens (tertiary/aromatic N) is 2. The lowest BCUT2D eigenvalue weighted by molar-refractivity contribution is -0.116. The molecule has 3 aromatic rings. The van der Waals surface area contributed by atoms with Gasteiger partial charge in [0.2, 0.25) is 5.91 Å². The number of thiazole rings is 2. The molecule has 7 heteroatoms. The molecule has 0 bridgehead atoms. The van der Waals surface area contributed by atoms with Crippen molar-refractivity contribution in [3.63, 3.8) is 0 Å². The summed E-state index contributed by atoms with van der Waals surface area (Å²) in [5.74, 6) is 0.761. The number of carbonyl (C=O) groups excluding carboxylic acids is 1. The minimum absolute atomic E-state index is 0.0264. The van der Waals surface area contributed by atoms with Crippen LogP contribution < -0.4 is 10.1 Å². The molecule has 1 amide bonds. The first kappa shape index (κ1) is 15.9. The third-order valence-electron chi connectivity index (χ3n) is 3.42. The number of carbonyl (C=O) groups is 1. The van der Waals surface area contributed by atoms with Crippen LogP contribution in [0.4, 0.5) is 5.13 Å². The van der Waals surface area contributed by atoms with Crippen molar-refractivity contribution >= 4 is 43.9 Å². The fraction of sp³-hybridized carbons (Fsp3) is 0.312. The topological polar surface area (TPSA) is 64.1 Å². The van der Waals surface area contributed by atoms with Gasteiger partial charge < -0.3 is 10.1 Å². The Morgan fingerprint density at radius 2 is 2.09 bits per heavy atom. The average Bonchev–Trinajstić information content (AvgIpc) is 3.06. The molecule has 0 aliphatic carbocycles. The number of hydrogen-bond acceptors (Lipinski definition) is 6. The Kier molecular flexibility index (Phi) is 4.58. The Bertz CT molecular complexity index is 854. The van der Waals surface area contributed by atoms with Crippen LogP contribution in [0.2, 0.25) is 0 Å². The maximum absolute atomic E-state index is 12.1. The molecule has 5 nitrogen and oxygen atoms in total. The van der Waals surface area contributed by atoms with E-state index in [1.165, 1.54) is 16.2 Å². The Balaban J connectivity index is 1.64. The Morgan fingerprint density at radius 1 is 1.26 bits per heavy atom. The highest BCUT2D eigenvalue weighted by atomic mass is 32.1. The van der Waals surface area contributed by atoms with Gasteiger partial charge in [0.1, 0.15) is 5.75 Å². The van der Waals surface area contributed by atoms with Crippen LogP contribution in [0.5, 0.6) is 5.75 Å². The van der Waals surface area contributed by atoms with Crippen molar-refractivity contribution in [1.29, 1.82) is 0 Å². The summed E-state index contributed by atoms with van der Waals surface area (Å²) in [5, 5.41) is 4.54. The molecule has 0 fully saturated rings. The summed E-state index contributed by atoms with van der Waals surface area (Å²) in [6.07, 6.45) is 1.14. The number of benzene rings is 1. The van der Waals surface area contributed by atoms with Crippen LogP contribution in [-0.4, -0.2) is 23.0 Å². The van der Waals surface area contributed by atoms with Crippen molar-refractivity contribution in [2.24, 2.45) is 0 Å². The van der Waals surface area contributed by atoms with Crippen LogP contribution in [0, 0.1) is 13.8 Å². The molecule has 1 N–H and O–H groups in total. The number of rotatable bonds is 5. The van der Waals surface area contributed by atoms with Crippen molar-refractivity contribution in [2.75, 3.05) is 12.4 Å². The first-order chi connectivity index (χ1) is 11.0. The number of nitrogens with one attached hydrogen (secondary N) is 1. The summed E-state index contributed by atoms with van der Waals surface area (Å²) in [4.78, 5) is 22.1. The highest BCUT2D eigenvalue weighted by Gasteiger charge is 2.11. The Labute approximate surface area is 142 Å². The second kappa shape index (κ2) is 6.64. The number of anilines is 1. The first-order valence-corrected chi connectivity index (χ1v) is 8.86. The zero-order valence-electron chi connectivity index (χ0n) is 13.2. The fourth-order valence-electron chi connectivity index (χ4n) is 2.30. The molecular weight excluding hydrogens is 330 g/mol. The molecule has 2 heterocycles. The standard InChI is InChI=1S/C16H17N3O2S2/c1-9-13(22-10(2)17-9)6-7-15(20)19-16-18-12-5-4-11(21-3)8-14(12)23-16/h4-5,8H,6-7H2,1-3H3,(H,18,19,20). The van der Waals surface area contributed by atoms with E-state index in [-0.39, 0.29) is 5.91 Å². The van der Waals surface area contributed by atoms with Gasteiger partial charge in [0.05, 0.1) is 28.0 Å². The van der Waals surface area contributed by atoms with Gasteiger partial charge in [-0.25, -0.2) is 9.97 Å². The van der Waals surface area contributed by atoms with E-state index in [9.17, 15) is 4.79 Å². The third kappa shape index (κ3) is 3.68. The summed E-state index contributed by atoms with van der Waals surface area (Å²) in [6.45, 7) is 3.97. The van der Waals surface area contributed by atoms with Gasteiger partial charge in [-0.15, -0.1) is 11.3 Å². The van der Waals surface area contributed by atoms with Crippen molar-refractivity contribution in [2.45, 2.75) is 26.7 Å². The van der Waals surface area contributed by atoms with Crippen molar-refractivity contribution in [3.8, 4) is 5.75 Å². The number of amides is 1. The molecule has 0 aliphatic heterocycles. The molecule has 0 spiro atoms. The number of hydrogen-bond donors (Lipinski definition) is 1. The number of ether oxygens (including phenoxy) is 1. The van der Waals surface area contributed by atoms with E-state index in [0.29, 0.717) is 18.0 Å². The highest BCUT2D eigenvalue weighted by molar-refractivity contribution is 7.22. The maximum atomic E-state index is 12.1. The van der Waals surface area contributed by atoms with Crippen LogP contribution in [0.3, 0.4) is 0 Å². The fourth-order valence-corrected chi connectivity index (χ4v) is 4.15. The number of aryl methyl sites for hydroxylation is 3. The van der Waals surface area contributed by atoms with E-state index in [2.05, 4.69) is 15.3 Å². The molecule has 0 saturated heterocycles. The summed E-state index contributed by atoms with van der Waals surface area (Å²) in [5.41, 5.74) is 1.88. The van der Waals surface area contributed by atoms with E-state index in [1.54, 1.807) is 18.4 Å². The van der Waals surface area contributed by atoms with Gasteiger partial charge >= 0.3 is 0 Å². The van der Waals surface area contributed by atoms with Crippen LogP contribution >= 0.6 is 22.7 Å². The van der Waals surface area contributed by atoms with E-state index in [4.69, 9.17) is 4.74 Å². The van der Waals surface area contributed by atoms with Crippen LogP contribution in [0.25, 0.3) is 10.2 Å².